The number of carboxylic acids is 1. The SMILES string of the molecule is COCc1cc(CC(C)C(=O)O)ccc1OC. The highest BCUT2D eigenvalue weighted by Gasteiger charge is 2.13. The Balaban J connectivity index is 2.87. The number of hydrogen-bond donors (Lipinski definition) is 1. The molecule has 0 bridgehead atoms. The molecule has 17 heavy (non-hydrogen) atoms. The Morgan fingerprint density at radius 3 is 2.65 bits per heavy atom. The molecule has 4 heteroatoms. The van der Waals surface area contributed by atoms with E-state index in [1.807, 2.05) is 18.2 Å². The van der Waals surface area contributed by atoms with Crippen molar-refractivity contribution in [1.29, 1.82) is 0 Å². The normalized spacial score (nSPS) is 12.2. The monoisotopic (exact) mass is 238 g/mol. The molecular weight excluding hydrogens is 220 g/mol. The predicted molar refractivity (Wildman–Crippen MR) is 64.2 cm³/mol. The van der Waals surface area contributed by atoms with Crippen molar-refractivity contribution in [1.82, 2.24) is 0 Å². The first kappa shape index (κ1) is 13.5. The fourth-order valence-electron chi connectivity index (χ4n) is 1.67. The fourth-order valence-corrected chi connectivity index (χ4v) is 1.67. The van der Waals surface area contributed by atoms with Crippen LogP contribution in [0.5, 0.6) is 5.75 Å². The molecule has 0 aliphatic heterocycles. The first-order valence-electron chi connectivity index (χ1n) is 5.46. The van der Waals surface area contributed by atoms with Gasteiger partial charge in [0.05, 0.1) is 19.6 Å². The maximum absolute atomic E-state index is 10.8. The predicted octanol–water partition coefficient (Wildman–Crippen LogP) is 2.10. The number of ether oxygens (including phenoxy) is 2. The summed E-state index contributed by atoms with van der Waals surface area (Å²) in [6.07, 6.45) is 0.510. The van der Waals surface area contributed by atoms with E-state index in [4.69, 9.17) is 14.6 Å². The van der Waals surface area contributed by atoms with Crippen LogP contribution in [-0.4, -0.2) is 25.3 Å². The molecule has 0 heterocycles. The molecule has 0 radical (unpaired) electrons. The Hall–Kier alpha value is -1.55. The van der Waals surface area contributed by atoms with Gasteiger partial charge in [-0.25, -0.2) is 0 Å². The minimum Gasteiger partial charge on any atom is -0.496 e. The summed E-state index contributed by atoms with van der Waals surface area (Å²) in [7, 11) is 3.22. The molecule has 94 valence electrons. The molecule has 0 fully saturated rings. The third kappa shape index (κ3) is 3.75. The topological polar surface area (TPSA) is 55.8 Å². The lowest BCUT2D eigenvalue weighted by Crippen LogP contribution is -2.12. The number of carboxylic acid groups (broad SMARTS) is 1. The van der Waals surface area contributed by atoms with E-state index in [1.54, 1.807) is 21.1 Å². The maximum Gasteiger partial charge on any atom is 0.306 e. The Kier molecular flexibility index (Phi) is 4.97. The van der Waals surface area contributed by atoms with Crippen molar-refractivity contribution in [3.05, 3.63) is 29.3 Å². The van der Waals surface area contributed by atoms with E-state index in [9.17, 15) is 4.79 Å². The van der Waals surface area contributed by atoms with E-state index in [-0.39, 0.29) is 0 Å². The summed E-state index contributed by atoms with van der Waals surface area (Å²) in [5.41, 5.74) is 1.91. The standard InChI is InChI=1S/C13H18O4/c1-9(13(14)15)6-10-4-5-12(17-3)11(7-10)8-16-2/h4-5,7,9H,6,8H2,1-3H3,(H,14,15). The van der Waals surface area contributed by atoms with Gasteiger partial charge in [0, 0.05) is 12.7 Å². The quantitative estimate of drug-likeness (QED) is 0.824. The summed E-state index contributed by atoms with van der Waals surface area (Å²) in [5.74, 6) is -0.411. The van der Waals surface area contributed by atoms with E-state index < -0.39 is 11.9 Å². The van der Waals surface area contributed by atoms with Gasteiger partial charge in [-0.05, 0) is 24.1 Å². The van der Waals surface area contributed by atoms with Crippen molar-refractivity contribution in [3.63, 3.8) is 0 Å². The van der Waals surface area contributed by atoms with Crippen LogP contribution in [0.15, 0.2) is 18.2 Å². The molecule has 0 aromatic heterocycles. The number of carbonyl (C=O) groups is 1. The third-order valence-corrected chi connectivity index (χ3v) is 2.61. The zero-order valence-electron chi connectivity index (χ0n) is 10.4. The molecular formula is C13H18O4. The van der Waals surface area contributed by atoms with Gasteiger partial charge < -0.3 is 14.6 Å². The highest BCUT2D eigenvalue weighted by atomic mass is 16.5. The van der Waals surface area contributed by atoms with Crippen LogP contribution in [0.25, 0.3) is 0 Å². The summed E-state index contributed by atoms with van der Waals surface area (Å²) >= 11 is 0. The van der Waals surface area contributed by atoms with E-state index >= 15 is 0 Å². The first-order valence-corrected chi connectivity index (χ1v) is 5.46. The second kappa shape index (κ2) is 6.25. The number of methoxy groups -OCH3 is 2. The van der Waals surface area contributed by atoms with E-state index in [0.29, 0.717) is 13.0 Å². The number of hydrogen-bond acceptors (Lipinski definition) is 3. The Morgan fingerprint density at radius 2 is 2.12 bits per heavy atom. The molecule has 1 unspecified atom stereocenters. The molecule has 1 aromatic rings. The molecule has 0 spiro atoms. The maximum atomic E-state index is 10.8. The summed E-state index contributed by atoms with van der Waals surface area (Å²) < 4.78 is 10.3. The van der Waals surface area contributed by atoms with Crippen LogP contribution in [0.3, 0.4) is 0 Å². The zero-order chi connectivity index (χ0) is 12.8. The number of rotatable bonds is 6. The highest BCUT2D eigenvalue weighted by molar-refractivity contribution is 5.69. The smallest absolute Gasteiger partial charge is 0.306 e. The molecule has 1 N–H and O–H groups in total. The lowest BCUT2D eigenvalue weighted by molar-refractivity contribution is -0.141. The fraction of sp³-hybridized carbons (Fsp3) is 0.462. The minimum atomic E-state index is -0.783. The zero-order valence-corrected chi connectivity index (χ0v) is 10.4. The molecule has 0 aliphatic rings. The molecule has 1 rings (SSSR count). The largest absolute Gasteiger partial charge is 0.496 e. The van der Waals surface area contributed by atoms with Gasteiger partial charge in [0.15, 0.2) is 0 Å². The van der Waals surface area contributed by atoms with Crippen LogP contribution in [0.2, 0.25) is 0 Å². The Labute approximate surface area is 101 Å². The highest BCUT2D eigenvalue weighted by Crippen LogP contribution is 2.22. The molecule has 0 aliphatic carbocycles. The van der Waals surface area contributed by atoms with Gasteiger partial charge >= 0.3 is 5.97 Å². The Morgan fingerprint density at radius 1 is 1.41 bits per heavy atom. The first-order chi connectivity index (χ1) is 8.08. The molecule has 0 amide bonds. The van der Waals surface area contributed by atoms with Crippen LogP contribution in [0, 0.1) is 5.92 Å². The van der Waals surface area contributed by atoms with Crippen LogP contribution in [0.4, 0.5) is 0 Å². The van der Waals surface area contributed by atoms with Gasteiger partial charge in [-0.1, -0.05) is 13.0 Å². The van der Waals surface area contributed by atoms with Crippen molar-refractivity contribution < 1.29 is 19.4 Å². The lowest BCUT2D eigenvalue weighted by Gasteiger charge is -2.11. The molecule has 1 atom stereocenters. The average molecular weight is 238 g/mol. The minimum absolute atomic E-state index is 0.390. The molecule has 4 nitrogen and oxygen atoms in total. The third-order valence-electron chi connectivity index (χ3n) is 2.61. The number of benzene rings is 1. The Bertz CT molecular complexity index is 387. The van der Waals surface area contributed by atoms with Crippen molar-refractivity contribution in [2.24, 2.45) is 5.92 Å². The van der Waals surface area contributed by atoms with E-state index in [2.05, 4.69) is 0 Å². The van der Waals surface area contributed by atoms with Gasteiger partial charge in [0.25, 0.3) is 0 Å². The van der Waals surface area contributed by atoms with Gasteiger partial charge in [-0.2, -0.15) is 0 Å². The van der Waals surface area contributed by atoms with Gasteiger partial charge in [0.2, 0.25) is 0 Å². The lowest BCUT2D eigenvalue weighted by atomic mass is 9.99. The average Bonchev–Trinajstić information content (AvgIpc) is 2.29. The van der Waals surface area contributed by atoms with E-state index in [1.165, 1.54) is 0 Å². The van der Waals surface area contributed by atoms with Crippen LogP contribution < -0.4 is 4.74 Å². The summed E-state index contributed by atoms with van der Waals surface area (Å²) in [6, 6.07) is 5.66. The summed E-state index contributed by atoms with van der Waals surface area (Å²) in [4.78, 5) is 10.8. The van der Waals surface area contributed by atoms with Crippen LogP contribution >= 0.6 is 0 Å². The van der Waals surface area contributed by atoms with E-state index in [0.717, 1.165) is 16.9 Å². The van der Waals surface area contributed by atoms with Gasteiger partial charge in [-0.15, -0.1) is 0 Å². The van der Waals surface area contributed by atoms with Crippen LogP contribution in [-0.2, 0) is 22.6 Å². The van der Waals surface area contributed by atoms with Gasteiger partial charge in [0.1, 0.15) is 5.75 Å². The second-order valence-corrected chi connectivity index (χ2v) is 4.02. The molecule has 1 aromatic carbocycles. The van der Waals surface area contributed by atoms with Crippen LogP contribution in [0.1, 0.15) is 18.1 Å². The summed E-state index contributed by atoms with van der Waals surface area (Å²) in [5, 5.41) is 8.87. The number of aliphatic carboxylic acids is 1. The van der Waals surface area contributed by atoms with Crippen molar-refractivity contribution in [3.8, 4) is 5.75 Å². The van der Waals surface area contributed by atoms with Crippen molar-refractivity contribution in [2.45, 2.75) is 20.0 Å². The molecule has 0 saturated carbocycles. The summed E-state index contributed by atoms with van der Waals surface area (Å²) in [6.45, 7) is 2.15. The van der Waals surface area contributed by atoms with Crippen molar-refractivity contribution in [2.75, 3.05) is 14.2 Å². The molecule has 0 saturated heterocycles. The van der Waals surface area contributed by atoms with Crippen molar-refractivity contribution >= 4 is 5.97 Å². The van der Waals surface area contributed by atoms with Gasteiger partial charge in [-0.3, -0.25) is 4.79 Å². The second-order valence-electron chi connectivity index (χ2n) is 4.02.